The Hall–Kier alpha value is -3.10. The van der Waals surface area contributed by atoms with Crippen LogP contribution in [0.15, 0.2) is 12.7 Å². The fourth-order valence-electron chi connectivity index (χ4n) is 5.38. The summed E-state index contributed by atoms with van der Waals surface area (Å²) in [6, 6.07) is 0. The normalized spacial score (nSPS) is 31.4. The van der Waals surface area contributed by atoms with E-state index in [1.807, 2.05) is 0 Å². The van der Waals surface area contributed by atoms with Crippen molar-refractivity contribution in [2.24, 2.45) is 10.8 Å². The van der Waals surface area contributed by atoms with Crippen LogP contribution in [0.25, 0.3) is 22.3 Å². The highest BCUT2D eigenvalue weighted by Crippen LogP contribution is 2.47. The number of methoxy groups -OCH3 is 1. The van der Waals surface area contributed by atoms with Gasteiger partial charge in [-0.05, 0) is 23.2 Å². The Kier molecular flexibility index (Phi) is 9.31. The van der Waals surface area contributed by atoms with E-state index in [-0.39, 0.29) is 39.1 Å². The number of ether oxygens (including phenoxy) is 3. The van der Waals surface area contributed by atoms with E-state index in [1.54, 1.807) is 0 Å². The molecule has 0 bridgehead atoms. The molecular weight excluding hydrogens is 647 g/mol. The summed E-state index contributed by atoms with van der Waals surface area (Å²) in [5.74, 6) is 0.238. The Morgan fingerprint density at radius 3 is 1.69 bits per heavy atom. The number of halogens is 4. The summed E-state index contributed by atoms with van der Waals surface area (Å²) in [5, 5.41) is 37.6. The van der Waals surface area contributed by atoms with Crippen molar-refractivity contribution in [3.05, 3.63) is 23.2 Å². The molecule has 0 spiro atoms. The van der Waals surface area contributed by atoms with Crippen molar-refractivity contribution < 1.29 is 43.4 Å². The number of aliphatic hydroxyl groups excluding tert-OH is 4. The number of hydrogen-bond donors (Lipinski definition) is 5. The van der Waals surface area contributed by atoms with Gasteiger partial charge < -0.3 is 40.4 Å². The van der Waals surface area contributed by atoms with E-state index in [2.05, 4.69) is 29.9 Å². The zero-order chi connectivity index (χ0) is 32.8. The third-order valence-corrected chi connectivity index (χ3v) is 8.72. The van der Waals surface area contributed by atoms with E-state index in [4.69, 9.17) is 43.1 Å². The van der Waals surface area contributed by atoms with Crippen molar-refractivity contribution in [1.82, 2.24) is 39.0 Å². The van der Waals surface area contributed by atoms with Gasteiger partial charge in [-0.1, -0.05) is 13.8 Å². The molecule has 4 aromatic heterocycles. The molecule has 246 valence electrons. The number of fused-ring (bicyclic) bond motifs is 2. The van der Waals surface area contributed by atoms with Crippen LogP contribution in [0.2, 0.25) is 10.6 Å². The van der Waals surface area contributed by atoms with E-state index in [0.29, 0.717) is 5.52 Å². The Morgan fingerprint density at radius 2 is 1.27 bits per heavy atom. The number of hydrogen-bond acceptors (Lipinski definition) is 14. The van der Waals surface area contributed by atoms with Gasteiger partial charge in [0, 0.05) is 0 Å². The zero-order valence-electron chi connectivity index (χ0n) is 24.1. The highest BCUT2D eigenvalue weighted by Gasteiger charge is 2.56. The maximum absolute atomic E-state index is 14.9. The van der Waals surface area contributed by atoms with Gasteiger partial charge in [-0.15, -0.1) is 0 Å². The van der Waals surface area contributed by atoms with Crippen LogP contribution in [0.1, 0.15) is 26.3 Å². The average Bonchev–Trinajstić information content (AvgIpc) is 3.76. The van der Waals surface area contributed by atoms with E-state index in [9.17, 15) is 29.2 Å². The van der Waals surface area contributed by atoms with Gasteiger partial charge in [0.15, 0.2) is 47.4 Å². The predicted molar refractivity (Wildman–Crippen MR) is 154 cm³/mol. The standard InChI is InChI=1S/C13H16ClFN4O4.C12H15ClFN5O3/c1-13(4-21)6(3-20)23-11(8(13)15)19-5-16-7-9(19)17-12(14)18-10(7)22-2;1-12(3-21)5(2-20)22-10(7(12)14)19-4-16-6-8(15)17-11(13)18-9(6)19/h5-6,8,11,20-21H,3-4H2,1-2H3;4-5,7,10,20-21H,2-3H2,1H3,(H2,15,17,18)/t6-,8+,11-,13?;5-,7+,10-,12?/m11/s1. The first-order valence-electron chi connectivity index (χ1n) is 13.5. The second-order valence-electron chi connectivity index (χ2n) is 11.1. The van der Waals surface area contributed by atoms with Gasteiger partial charge in [-0.3, -0.25) is 9.13 Å². The second-order valence-corrected chi connectivity index (χ2v) is 11.7. The van der Waals surface area contributed by atoms with Crippen LogP contribution in [0, 0.1) is 10.8 Å². The summed E-state index contributed by atoms with van der Waals surface area (Å²) < 4.78 is 48.6. The molecule has 8 atom stereocenters. The molecule has 4 aromatic rings. The van der Waals surface area contributed by atoms with E-state index < -0.39 is 74.3 Å². The van der Waals surface area contributed by atoms with Gasteiger partial charge in [0.25, 0.3) is 0 Å². The average molecular weight is 678 g/mol. The molecular formula is C25H31Cl2F2N9O7. The number of aliphatic hydroxyl groups is 4. The first-order chi connectivity index (χ1) is 21.4. The van der Waals surface area contributed by atoms with Crippen molar-refractivity contribution in [3.8, 4) is 5.88 Å². The fraction of sp³-hybridized carbons (Fsp3) is 0.600. The molecule has 20 heteroatoms. The molecule has 6 N–H and O–H groups in total. The van der Waals surface area contributed by atoms with Crippen LogP contribution >= 0.6 is 23.2 Å². The van der Waals surface area contributed by atoms with Gasteiger partial charge in [0.2, 0.25) is 16.4 Å². The van der Waals surface area contributed by atoms with Crippen LogP contribution in [0.5, 0.6) is 5.88 Å². The van der Waals surface area contributed by atoms with Crippen LogP contribution in [-0.4, -0.2) is 118 Å². The number of aromatic nitrogens is 8. The van der Waals surface area contributed by atoms with Gasteiger partial charge >= 0.3 is 0 Å². The first kappa shape index (κ1) is 33.3. The largest absolute Gasteiger partial charge is 0.479 e. The maximum atomic E-state index is 14.9. The molecule has 2 aliphatic heterocycles. The summed E-state index contributed by atoms with van der Waals surface area (Å²) >= 11 is 11.6. The highest BCUT2D eigenvalue weighted by atomic mass is 35.5. The smallest absolute Gasteiger partial charge is 0.246 e. The minimum Gasteiger partial charge on any atom is -0.479 e. The molecule has 2 fully saturated rings. The monoisotopic (exact) mass is 677 g/mol. The second kappa shape index (κ2) is 12.6. The lowest BCUT2D eigenvalue weighted by Crippen LogP contribution is -2.40. The van der Waals surface area contributed by atoms with Gasteiger partial charge in [0.05, 0.1) is 69.2 Å². The first-order valence-corrected chi connectivity index (χ1v) is 14.3. The lowest BCUT2D eigenvalue weighted by molar-refractivity contribution is -0.0524. The van der Waals surface area contributed by atoms with Crippen molar-refractivity contribution in [2.45, 2.75) is 50.9 Å². The molecule has 0 aliphatic carbocycles. The minimum absolute atomic E-state index is 0.0748. The molecule has 0 amide bonds. The van der Waals surface area contributed by atoms with E-state index >= 15 is 0 Å². The lowest BCUT2D eigenvalue weighted by atomic mass is 9.82. The number of nitrogens with two attached hydrogens (primary N) is 1. The molecule has 2 saturated heterocycles. The summed E-state index contributed by atoms with van der Waals surface area (Å²) in [4.78, 5) is 23.9. The summed E-state index contributed by atoms with van der Waals surface area (Å²) in [7, 11) is 1.41. The number of imidazole rings is 2. The van der Waals surface area contributed by atoms with Crippen molar-refractivity contribution in [3.63, 3.8) is 0 Å². The van der Waals surface area contributed by atoms with E-state index in [0.717, 1.165) is 0 Å². The van der Waals surface area contributed by atoms with Crippen molar-refractivity contribution >= 4 is 51.3 Å². The Bertz CT molecular complexity index is 1680. The Balaban J connectivity index is 0.000000178. The molecule has 6 heterocycles. The van der Waals surface area contributed by atoms with Gasteiger partial charge in [-0.2, -0.15) is 19.9 Å². The highest BCUT2D eigenvalue weighted by molar-refractivity contribution is 6.29. The molecule has 45 heavy (non-hydrogen) atoms. The summed E-state index contributed by atoms with van der Waals surface area (Å²) in [5.41, 5.74) is 4.29. The third kappa shape index (κ3) is 5.42. The number of nitrogens with zero attached hydrogens (tertiary/aromatic N) is 8. The van der Waals surface area contributed by atoms with Crippen molar-refractivity contribution in [1.29, 1.82) is 0 Å². The molecule has 2 aliphatic rings. The Morgan fingerprint density at radius 1 is 0.822 bits per heavy atom. The van der Waals surface area contributed by atoms with Crippen LogP contribution in [0.3, 0.4) is 0 Å². The SMILES string of the molecule is CC1(CO)[C@@H](CO)O[C@@H](n2cnc3c(N)nc(Cl)nc32)[C@@H]1F.COc1nc(Cl)nc2c1ncn2[C@@H]1O[C@H](CO)C(C)(CO)[C@H]1F. The third-order valence-electron chi connectivity index (χ3n) is 8.38. The number of alkyl halides is 2. The lowest BCUT2D eigenvalue weighted by Gasteiger charge is -2.27. The predicted octanol–water partition coefficient (Wildman–Crippen LogP) is 1.00. The molecule has 0 saturated carbocycles. The summed E-state index contributed by atoms with van der Waals surface area (Å²) in [6.07, 6.45) is -4.43. The van der Waals surface area contributed by atoms with Crippen LogP contribution in [-0.2, 0) is 9.47 Å². The fourth-order valence-corrected chi connectivity index (χ4v) is 5.71. The molecule has 2 unspecified atom stereocenters. The van der Waals surface area contributed by atoms with Gasteiger partial charge in [0.1, 0.15) is 5.52 Å². The zero-order valence-corrected chi connectivity index (χ0v) is 25.6. The quantitative estimate of drug-likeness (QED) is 0.172. The van der Waals surface area contributed by atoms with Gasteiger partial charge in [-0.25, -0.2) is 18.7 Å². The molecule has 0 aromatic carbocycles. The molecule has 6 rings (SSSR count). The molecule has 0 radical (unpaired) electrons. The number of rotatable bonds is 7. The number of nitrogen functional groups attached to an aromatic ring is 1. The topological polar surface area (TPSA) is 222 Å². The molecule has 16 nitrogen and oxygen atoms in total. The van der Waals surface area contributed by atoms with Crippen molar-refractivity contribution in [2.75, 3.05) is 39.3 Å². The minimum atomic E-state index is -1.58. The van der Waals surface area contributed by atoms with Crippen LogP contribution < -0.4 is 10.5 Å². The van der Waals surface area contributed by atoms with E-state index in [1.165, 1.54) is 42.7 Å². The van der Waals surface area contributed by atoms with Crippen LogP contribution in [0.4, 0.5) is 14.6 Å². The maximum Gasteiger partial charge on any atom is 0.246 e. The Labute approximate surface area is 263 Å². The summed E-state index contributed by atoms with van der Waals surface area (Å²) in [6.45, 7) is 1.24. The number of anilines is 1.